The Bertz CT molecular complexity index is 627. The van der Waals surface area contributed by atoms with Crippen LogP contribution in [0.5, 0.6) is 0 Å². The van der Waals surface area contributed by atoms with Crippen LogP contribution in [0.25, 0.3) is 0 Å². The molecule has 0 unspecified atom stereocenters. The number of nitrogens with zero attached hydrogens (tertiary/aromatic N) is 1. The average Bonchev–Trinajstić information content (AvgIpc) is 2.45. The van der Waals surface area contributed by atoms with Crippen LogP contribution in [0.1, 0.15) is 5.56 Å². The summed E-state index contributed by atoms with van der Waals surface area (Å²) in [5, 5.41) is 2.99. The van der Waals surface area contributed by atoms with E-state index in [1.807, 2.05) is 43.3 Å². The Morgan fingerprint density at radius 2 is 1.52 bits per heavy atom. The minimum absolute atomic E-state index is 0.198. The predicted octanol–water partition coefficient (Wildman–Crippen LogP) is 0.729. The van der Waals surface area contributed by atoms with Crippen LogP contribution in [0.4, 0.5) is 5.69 Å². The van der Waals surface area contributed by atoms with Gasteiger partial charge in [0.2, 0.25) is 0 Å². The molecular weight excluding hydrogens is 425 g/mol. The molecule has 2 rings (SSSR count). The smallest absolute Gasteiger partial charge is 0.307 e. The molecule has 1 aromatic rings. The van der Waals surface area contributed by atoms with Gasteiger partial charge < -0.3 is 4.90 Å². The highest BCUT2D eigenvalue weighted by molar-refractivity contribution is 6.76. The molecule has 0 saturated carbocycles. The zero-order valence-corrected chi connectivity index (χ0v) is 16.6. The second kappa shape index (κ2) is 7.03. The molecular formula is C13H14Cl6N4+2. The van der Waals surface area contributed by atoms with Crippen molar-refractivity contribution in [2.24, 2.45) is 0 Å². The van der Waals surface area contributed by atoms with E-state index in [0.717, 1.165) is 11.3 Å². The number of rotatable bonds is 2. The van der Waals surface area contributed by atoms with Crippen LogP contribution in [0.15, 0.2) is 24.3 Å². The van der Waals surface area contributed by atoms with E-state index in [2.05, 4.69) is 15.3 Å². The van der Waals surface area contributed by atoms with Crippen LogP contribution in [0.3, 0.4) is 0 Å². The second-order valence-electron chi connectivity index (χ2n) is 5.08. The van der Waals surface area contributed by atoms with Crippen molar-refractivity contribution in [1.29, 1.82) is 0 Å². The van der Waals surface area contributed by atoms with Gasteiger partial charge in [0.25, 0.3) is 19.6 Å². The molecule has 126 valence electrons. The first-order valence-electron chi connectivity index (χ1n) is 6.44. The van der Waals surface area contributed by atoms with Crippen molar-refractivity contribution in [1.82, 2.24) is 5.32 Å². The topological polar surface area (TPSA) is 43.2 Å². The van der Waals surface area contributed by atoms with Crippen molar-refractivity contribution < 1.29 is 9.98 Å². The van der Waals surface area contributed by atoms with Crippen molar-refractivity contribution >= 4 is 87.0 Å². The molecule has 10 heteroatoms. The Balaban J connectivity index is 2.39. The van der Waals surface area contributed by atoms with E-state index in [0.29, 0.717) is 5.84 Å². The Hall–Kier alpha value is -0.100. The maximum absolute atomic E-state index is 5.96. The summed E-state index contributed by atoms with van der Waals surface area (Å²) < 4.78 is -3.37. The first-order chi connectivity index (χ1) is 10.5. The van der Waals surface area contributed by atoms with Crippen molar-refractivity contribution in [2.45, 2.75) is 13.8 Å². The predicted molar refractivity (Wildman–Crippen MR) is 99.3 cm³/mol. The maximum Gasteiger partial charge on any atom is 0.307 e. The Kier molecular flexibility index (Phi) is 5.87. The van der Waals surface area contributed by atoms with Gasteiger partial charge in [-0.25, -0.2) is 15.3 Å². The fourth-order valence-electron chi connectivity index (χ4n) is 1.92. The molecule has 0 fully saturated rings. The molecule has 1 aliphatic rings. The Labute approximate surface area is 164 Å². The maximum atomic E-state index is 5.96. The first-order valence-corrected chi connectivity index (χ1v) is 8.71. The largest absolute Gasteiger partial charge is 0.378 e. The SMILES string of the molecule is CN(C)c1ccc(C2=[NH+][C@@H](C(Cl)(Cl)Cl)[NH+]=C(C(Cl)(Cl)Cl)N2)cc1. The number of amidine groups is 2. The van der Waals surface area contributed by atoms with Gasteiger partial charge in [0, 0.05) is 19.8 Å². The zero-order valence-electron chi connectivity index (χ0n) is 12.1. The van der Waals surface area contributed by atoms with Gasteiger partial charge in [0.1, 0.15) is 0 Å². The second-order valence-corrected chi connectivity index (χ2v) is 9.73. The summed E-state index contributed by atoms with van der Waals surface area (Å²) >= 11 is 35.7. The molecule has 23 heavy (non-hydrogen) atoms. The molecule has 0 saturated heterocycles. The van der Waals surface area contributed by atoms with E-state index < -0.39 is 13.8 Å². The summed E-state index contributed by atoms with van der Waals surface area (Å²) in [6.07, 6.45) is -0.775. The standard InChI is InChI=1S/C13H12Cl6N4/c1-23(2)8-5-3-7(4-6-8)9-20-10(12(14,15)16)22-11(21-9)13(17,18)19/h3-6,10H,1-2H3,(H,20,21,22)/p+2/t10-/m1/s1. The minimum Gasteiger partial charge on any atom is -0.378 e. The number of nitrogens with one attached hydrogen (secondary N) is 3. The summed E-state index contributed by atoms with van der Waals surface area (Å²) in [4.78, 5) is 7.87. The van der Waals surface area contributed by atoms with Crippen LogP contribution >= 0.6 is 69.6 Å². The van der Waals surface area contributed by atoms with Crippen LogP contribution in [-0.4, -0.2) is 39.5 Å². The van der Waals surface area contributed by atoms with Gasteiger partial charge in [-0.05, 0) is 24.3 Å². The third-order valence-corrected chi connectivity index (χ3v) is 4.33. The number of halogens is 6. The molecule has 0 aliphatic carbocycles. The van der Waals surface area contributed by atoms with E-state index in [-0.39, 0.29) is 5.84 Å². The summed E-state index contributed by atoms with van der Waals surface area (Å²) in [6.45, 7) is 0. The van der Waals surface area contributed by atoms with Gasteiger partial charge in [-0.1, -0.05) is 69.6 Å². The van der Waals surface area contributed by atoms with Gasteiger partial charge in [-0.15, -0.1) is 0 Å². The van der Waals surface area contributed by atoms with Gasteiger partial charge >= 0.3 is 5.84 Å². The lowest BCUT2D eigenvalue weighted by Crippen LogP contribution is -3.10. The third-order valence-electron chi connectivity index (χ3n) is 3.11. The van der Waals surface area contributed by atoms with E-state index in [1.54, 1.807) is 0 Å². The molecule has 3 N–H and O–H groups in total. The quantitative estimate of drug-likeness (QED) is 0.596. The number of benzene rings is 1. The lowest BCUT2D eigenvalue weighted by Gasteiger charge is -2.21. The molecule has 1 heterocycles. The van der Waals surface area contributed by atoms with Crippen molar-refractivity contribution in [2.75, 3.05) is 19.0 Å². The average molecular weight is 439 g/mol. The van der Waals surface area contributed by atoms with E-state index in [9.17, 15) is 0 Å². The van der Waals surface area contributed by atoms with Crippen molar-refractivity contribution in [3.63, 3.8) is 0 Å². The van der Waals surface area contributed by atoms with Crippen molar-refractivity contribution in [3.8, 4) is 0 Å². The highest BCUT2D eigenvalue weighted by Crippen LogP contribution is 2.28. The number of anilines is 1. The van der Waals surface area contributed by atoms with Gasteiger partial charge in [0.05, 0.1) is 5.56 Å². The van der Waals surface area contributed by atoms with Gasteiger partial charge in [-0.2, -0.15) is 0 Å². The lowest BCUT2D eigenvalue weighted by molar-refractivity contribution is -0.740. The summed E-state index contributed by atoms with van der Waals surface area (Å²) in [5.41, 5.74) is 1.87. The molecule has 1 atom stereocenters. The number of hydrogen-bond acceptors (Lipinski definition) is 2. The summed E-state index contributed by atoms with van der Waals surface area (Å²) in [5.74, 6) is 0.760. The van der Waals surface area contributed by atoms with E-state index in [4.69, 9.17) is 69.6 Å². The van der Waals surface area contributed by atoms with Crippen molar-refractivity contribution in [3.05, 3.63) is 29.8 Å². The minimum atomic E-state index is -1.72. The number of hydrogen-bond donors (Lipinski definition) is 3. The lowest BCUT2D eigenvalue weighted by atomic mass is 10.1. The number of alkyl halides is 6. The summed E-state index contributed by atoms with van der Waals surface area (Å²) in [7, 11) is 3.91. The molecule has 0 aromatic heterocycles. The molecule has 0 radical (unpaired) electrons. The van der Waals surface area contributed by atoms with E-state index >= 15 is 0 Å². The highest BCUT2D eigenvalue weighted by atomic mass is 35.6. The van der Waals surface area contributed by atoms with Gasteiger partial charge in [-0.3, -0.25) is 0 Å². The molecule has 1 aliphatic heterocycles. The Morgan fingerprint density at radius 3 is 1.96 bits per heavy atom. The third kappa shape index (κ3) is 4.94. The van der Waals surface area contributed by atoms with Crippen LogP contribution in [-0.2, 0) is 0 Å². The molecule has 0 bridgehead atoms. The zero-order chi connectivity index (χ0) is 17.4. The first kappa shape index (κ1) is 19.2. The summed E-state index contributed by atoms with van der Waals surface area (Å²) in [6, 6.07) is 7.71. The normalized spacial score (nSPS) is 18.9. The molecule has 1 aromatic carbocycles. The fraction of sp³-hybridized carbons (Fsp3) is 0.385. The van der Waals surface area contributed by atoms with Crippen LogP contribution in [0, 0.1) is 0 Å². The van der Waals surface area contributed by atoms with E-state index in [1.165, 1.54) is 0 Å². The van der Waals surface area contributed by atoms with Crippen LogP contribution in [0.2, 0.25) is 0 Å². The molecule has 0 spiro atoms. The molecule has 4 nitrogen and oxygen atoms in total. The highest BCUT2D eigenvalue weighted by Gasteiger charge is 2.46. The molecule has 0 amide bonds. The monoisotopic (exact) mass is 436 g/mol. The van der Waals surface area contributed by atoms with Crippen LogP contribution < -0.4 is 20.2 Å². The van der Waals surface area contributed by atoms with Gasteiger partial charge in [0.15, 0.2) is 0 Å². The fourth-order valence-corrected chi connectivity index (χ4v) is 2.55. The Morgan fingerprint density at radius 1 is 0.957 bits per heavy atom.